The molecule has 0 bridgehead atoms. The number of nitrogens with one attached hydrogen (secondary N) is 1. The predicted octanol–water partition coefficient (Wildman–Crippen LogP) is 4.54. The summed E-state index contributed by atoms with van der Waals surface area (Å²) in [6.07, 6.45) is 1.44. The molecule has 23 heavy (non-hydrogen) atoms. The summed E-state index contributed by atoms with van der Waals surface area (Å²) >= 11 is 3.47. The van der Waals surface area contributed by atoms with Crippen LogP contribution in [0.2, 0.25) is 0 Å². The number of halogens is 1. The van der Waals surface area contributed by atoms with Crippen molar-refractivity contribution in [1.82, 2.24) is 0 Å². The molecule has 1 aliphatic heterocycles. The number of hydrogen-bond acceptors (Lipinski definition) is 2. The summed E-state index contributed by atoms with van der Waals surface area (Å²) in [4.78, 5) is 14.6. The van der Waals surface area contributed by atoms with Gasteiger partial charge >= 0.3 is 0 Å². The highest BCUT2D eigenvalue weighted by atomic mass is 79.9. The summed E-state index contributed by atoms with van der Waals surface area (Å²) in [5.41, 5.74) is 4.59. The number of benzene rings is 2. The van der Waals surface area contributed by atoms with E-state index in [9.17, 15) is 4.79 Å². The van der Waals surface area contributed by atoms with Gasteiger partial charge in [0.25, 0.3) is 0 Å². The average Bonchev–Trinajstić information content (AvgIpc) is 2.85. The minimum absolute atomic E-state index is 0.185. The van der Waals surface area contributed by atoms with Crippen LogP contribution in [0, 0.1) is 6.92 Å². The largest absolute Gasteiger partial charge is 0.384 e. The number of rotatable bonds is 4. The molecule has 1 unspecified atom stereocenters. The fourth-order valence-electron chi connectivity index (χ4n) is 3.20. The quantitative estimate of drug-likeness (QED) is 0.854. The molecular weight excluding hydrogens is 352 g/mol. The zero-order valence-corrected chi connectivity index (χ0v) is 15.1. The van der Waals surface area contributed by atoms with Crippen molar-refractivity contribution >= 4 is 33.2 Å². The SMILES string of the molecule is Cc1cc(Br)ccc1NCCC(=O)N1c2ccccc2CC1C. The summed E-state index contributed by atoms with van der Waals surface area (Å²) in [7, 11) is 0. The molecule has 3 nitrogen and oxygen atoms in total. The van der Waals surface area contributed by atoms with Crippen molar-refractivity contribution in [3.63, 3.8) is 0 Å². The van der Waals surface area contributed by atoms with Gasteiger partial charge < -0.3 is 10.2 Å². The van der Waals surface area contributed by atoms with E-state index in [0.717, 1.165) is 22.3 Å². The predicted molar refractivity (Wildman–Crippen MR) is 99.1 cm³/mol. The first kappa shape index (κ1) is 16.1. The van der Waals surface area contributed by atoms with Crippen LogP contribution in [0.15, 0.2) is 46.9 Å². The smallest absolute Gasteiger partial charge is 0.229 e. The Bertz CT molecular complexity index is 729. The van der Waals surface area contributed by atoms with Gasteiger partial charge in [-0.15, -0.1) is 0 Å². The van der Waals surface area contributed by atoms with E-state index in [1.54, 1.807) is 0 Å². The van der Waals surface area contributed by atoms with Crippen LogP contribution in [0.25, 0.3) is 0 Å². The lowest BCUT2D eigenvalue weighted by atomic mass is 10.1. The Morgan fingerprint density at radius 3 is 2.87 bits per heavy atom. The van der Waals surface area contributed by atoms with E-state index in [4.69, 9.17) is 0 Å². The molecule has 0 aromatic heterocycles. The van der Waals surface area contributed by atoms with Gasteiger partial charge in [0.2, 0.25) is 5.91 Å². The maximum absolute atomic E-state index is 12.6. The van der Waals surface area contributed by atoms with Crippen LogP contribution in [0.5, 0.6) is 0 Å². The molecule has 1 amide bonds. The average molecular weight is 373 g/mol. The van der Waals surface area contributed by atoms with Gasteiger partial charge in [0.05, 0.1) is 0 Å². The van der Waals surface area contributed by atoms with Crippen molar-refractivity contribution in [2.75, 3.05) is 16.8 Å². The Balaban J connectivity index is 1.62. The Morgan fingerprint density at radius 1 is 1.30 bits per heavy atom. The van der Waals surface area contributed by atoms with Gasteiger partial charge in [-0.3, -0.25) is 4.79 Å². The summed E-state index contributed by atoms with van der Waals surface area (Å²) < 4.78 is 1.07. The minimum atomic E-state index is 0.185. The molecule has 0 spiro atoms. The maximum atomic E-state index is 12.6. The van der Waals surface area contributed by atoms with Crippen molar-refractivity contribution < 1.29 is 4.79 Å². The third-order valence-corrected chi connectivity index (χ3v) is 4.81. The standard InChI is InChI=1S/C19H21BrN2O/c1-13-11-16(20)7-8-17(13)21-10-9-19(23)22-14(2)12-15-5-3-4-6-18(15)22/h3-8,11,14,21H,9-10,12H2,1-2H3. The second-order valence-electron chi connectivity index (χ2n) is 6.08. The number of amides is 1. The molecule has 2 aromatic rings. The van der Waals surface area contributed by atoms with E-state index in [-0.39, 0.29) is 11.9 Å². The van der Waals surface area contributed by atoms with Crippen molar-refractivity contribution in [3.8, 4) is 0 Å². The molecular formula is C19H21BrN2O. The zero-order valence-electron chi connectivity index (χ0n) is 13.5. The highest BCUT2D eigenvalue weighted by Gasteiger charge is 2.29. The maximum Gasteiger partial charge on any atom is 0.229 e. The highest BCUT2D eigenvalue weighted by Crippen LogP contribution is 2.32. The van der Waals surface area contributed by atoms with Crippen LogP contribution >= 0.6 is 15.9 Å². The normalized spacial score (nSPS) is 16.3. The molecule has 0 aliphatic carbocycles. The molecule has 4 heteroatoms. The highest BCUT2D eigenvalue weighted by molar-refractivity contribution is 9.10. The van der Waals surface area contributed by atoms with E-state index in [1.807, 2.05) is 35.2 Å². The summed E-state index contributed by atoms with van der Waals surface area (Å²) in [5, 5.41) is 3.36. The Morgan fingerprint density at radius 2 is 2.09 bits per heavy atom. The number of nitrogens with zero attached hydrogens (tertiary/aromatic N) is 1. The number of carbonyl (C=O) groups excluding carboxylic acids is 1. The van der Waals surface area contributed by atoms with Crippen LogP contribution in [0.4, 0.5) is 11.4 Å². The summed E-state index contributed by atoms with van der Waals surface area (Å²) in [6, 6.07) is 14.6. The van der Waals surface area contributed by atoms with Gasteiger partial charge in [0, 0.05) is 34.9 Å². The first-order chi connectivity index (χ1) is 11.1. The van der Waals surface area contributed by atoms with Gasteiger partial charge in [-0.2, -0.15) is 0 Å². The van der Waals surface area contributed by atoms with E-state index < -0.39 is 0 Å². The van der Waals surface area contributed by atoms with E-state index >= 15 is 0 Å². The number of para-hydroxylation sites is 1. The number of fused-ring (bicyclic) bond motifs is 1. The molecule has 0 radical (unpaired) electrons. The van der Waals surface area contributed by atoms with Gasteiger partial charge in [-0.05, 0) is 55.7 Å². The first-order valence-corrected chi connectivity index (χ1v) is 8.75. The number of aryl methyl sites for hydroxylation is 1. The van der Waals surface area contributed by atoms with Crippen LogP contribution in [0.1, 0.15) is 24.5 Å². The molecule has 3 rings (SSSR count). The third kappa shape index (κ3) is 3.42. The molecule has 0 saturated heterocycles. The Kier molecular flexibility index (Phi) is 4.71. The third-order valence-electron chi connectivity index (χ3n) is 4.32. The van der Waals surface area contributed by atoms with Gasteiger partial charge in [-0.1, -0.05) is 34.1 Å². The van der Waals surface area contributed by atoms with Gasteiger partial charge in [0.15, 0.2) is 0 Å². The lowest BCUT2D eigenvalue weighted by Crippen LogP contribution is -2.36. The molecule has 1 atom stereocenters. The molecule has 1 heterocycles. The van der Waals surface area contributed by atoms with E-state index in [2.05, 4.69) is 47.2 Å². The molecule has 1 aliphatic rings. The van der Waals surface area contributed by atoms with E-state index in [1.165, 1.54) is 11.1 Å². The number of anilines is 2. The summed E-state index contributed by atoms with van der Waals surface area (Å²) in [6.45, 7) is 4.82. The molecule has 2 aromatic carbocycles. The lowest BCUT2D eigenvalue weighted by Gasteiger charge is -2.23. The van der Waals surface area contributed by atoms with Crippen LogP contribution in [-0.4, -0.2) is 18.5 Å². The first-order valence-electron chi connectivity index (χ1n) is 7.96. The van der Waals surface area contributed by atoms with Crippen molar-refractivity contribution in [3.05, 3.63) is 58.1 Å². The van der Waals surface area contributed by atoms with Crippen molar-refractivity contribution in [2.45, 2.75) is 32.7 Å². The van der Waals surface area contributed by atoms with Gasteiger partial charge in [0.1, 0.15) is 0 Å². The monoisotopic (exact) mass is 372 g/mol. The van der Waals surface area contributed by atoms with Crippen LogP contribution < -0.4 is 10.2 Å². The fraction of sp³-hybridized carbons (Fsp3) is 0.316. The van der Waals surface area contributed by atoms with Crippen LogP contribution in [0.3, 0.4) is 0 Å². The second kappa shape index (κ2) is 6.75. The Labute approximate surface area is 145 Å². The van der Waals surface area contributed by atoms with Crippen molar-refractivity contribution in [2.24, 2.45) is 0 Å². The van der Waals surface area contributed by atoms with Gasteiger partial charge in [-0.25, -0.2) is 0 Å². The number of hydrogen-bond donors (Lipinski definition) is 1. The lowest BCUT2D eigenvalue weighted by molar-refractivity contribution is -0.118. The molecule has 1 N–H and O–H groups in total. The second-order valence-corrected chi connectivity index (χ2v) is 7.00. The van der Waals surface area contributed by atoms with Crippen LogP contribution in [-0.2, 0) is 11.2 Å². The molecule has 120 valence electrons. The molecule has 0 saturated carbocycles. The topological polar surface area (TPSA) is 32.3 Å². The zero-order chi connectivity index (χ0) is 16.4. The molecule has 0 fully saturated rings. The van der Waals surface area contributed by atoms with E-state index in [0.29, 0.717) is 13.0 Å². The fourth-order valence-corrected chi connectivity index (χ4v) is 3.67. The van der Waals surface area contributed by atoms with Crippen molar-refractivity contribution in [1.29, 1.82) is 0 Å². The number of carbonyl (C=O) groups is 1. The summed E-state index contributed by atoms with van der Waals surface area (Å²) in [5.74, 6) is 0.185. The Hall–Kier alpha value is -1.81. The minimum Gasteiger partial charge on any atom is -0.384 e.